The number of carbonyl (C=O) groups is 2. The first-order valence-corrected chi connectivity index (χ1v) is 12.8. The molecule has 2 fully saturated rings. The number of thioether (sulfide) groups is 1. The molecule has 1 N–H and O–H groups in total. The van der Waals surface area contributed by atoms with Crippen molar-refractivity contribution in [1.29, 1.82) is 0 Å². The molecular weight excluding hydrogens is 524 g/mol. The summed E-state index contributed by atoms with van der Waals surface area (Å²) < 4.78 is 60.5. The Balaban J connectivity index is 1.54. The molecule has 3 heterocycles. The number of alkyl halides is 4. The summed E-state index contributed by atoms with van der Waals surface area (Å²) >= 11 is 0.711. The van der Waals surface area contributed by atoms with Crippen molar-refractivity contribution >= 4 is 39.4 Å². The topological polar surface area (TPSA) is 78.5 Å². The summed E-state index contributed by atoms with van der Waals surface area (Å²) in [6.45, 7) is 1.20. The molecule has 2 aliphatic heterocycles. The highest BCUT2D eigenvalue weighted by atomic mass is 32.2. The van der Waals surface area contributed by atoms with Gasteiger partial charge < -0.3 is 4.74 Å². The first-order chi connectivity index (χ1) is 18.1. The predicted molar refractivity (Wildman–Crippen MR) is 135 cm³/mol. The van der Waals surface area contributed by atoms with Crippen molar-refractivity contribution in [3.05, 3.63) is 64.2 Å². The van der Waals surface area contributed by atoms with Gasteiger partial charge in [0.25, 0.3) is 11.1 Å². The Morgan fingerprint density at radius 2 is 2.00 bits per heavy atom. The van der Waals surface area contributed by atoms with Crippen molar-refractivity contribution in [2.24, 2.45) is 0 Å². The van der Waals surface area contributed by atoms with Crippen LogP contribution in [-0.2, 0) is 17.4 Å². The van der Waals surface area contributed by atoms with Gasteiger partial charge in [0.1, 0.15) is 11.9 Å². The maximum Gasteiger partial charge on any atom is 0.416 e. The zero-order chi connectivity index (χ0) is 27.0. The minimum atomic E-state index is -4.66. The zero-order valence-electron chi connectivity index (χ0n) is 20.3. The van der Waals surface area contributed by atoms with Gasteiger partial charge in [0.05, 0.1) is 29.3 Å². The molecule has 2 aliphatic rings. The molecule has 200 valence electrons. The van der Waals surface area contributed by atoms with Crippen LogP contribution in [0.25, 0.3) is 16.5 Å². The van der Waals surface area contributed by atoms with Crippen molar-refractivity contribution in [2.75, 3.05) is 33.3 Å². The number of benzene rings is 2. The molecular formula is C26H24F4N4O3S. The lowest BCUT2D eigenvalue weighted by molar-refractivity contribution is -0.138. The highest BCUT2D eigenvalue weighted by Crippen LogP contribution is 2.41. The van der Waals surface area contributed by atoms with Crippen LogP contribution in [0.15, 0.2) is 47.5 Å². The summed E-state index contributed by atoms with van der Waals surface area (Å²) in [7, 11) is 1.28. The number of aromatic nitrogens is 2. The maximum atomic E-state index is 14.0. The van der Waals surface area contributed by atoms with E-state index in [-0.39, 0.29) is 35.7 Å². The fourth-order valence-corrected chi connectivity index (χ4v) is 5.71. The van der Waals surface area contributed by atoms with Crippen molar-refractivity contribution < 1.29 is 31.9 Å². The number of nitrogens with zero attached hydrogens (tertiary/aromatic N) is 3. The van der Waals surface area contributed by atoms with Gasteiger partial charge in [-0.15, -0.1) is 0 Å². The Hall–Kier alpha value is -3.38. The van der Waals surface area contributed by atoms with Crippen molar-refractivity contribution in [3.63, 3.8) is 0 Å². The van der Waals surface area contributed by atoms with Gasteiger partial charge in [0.15, 0.2) is 0 Å². The van der Waals surface area contributed by atoms with Crippen LogP contribution in [0.2, 0.25) is 0 Å². The zero-order valence-corrected chi connectivity index (χ0v) is 21.2. The van der Waals surface area contributed by atoms with Gasteiger partial charge in [-0.05, 0) is 65.6 Å². The molecule has 5 rings (SSSR count). The quantitative estimate of drug-likeness (QED) is 0.320. The number of amides is 2. The summed E-state index contributed by atoms with van der Waals surface area (Å²) in [5.41, 5.74) is 0.595. The molecule has 2 saturated heterocycles. The third-order valence-electron chi connectivity index (χ3n) is 6.76. The predicted octanol–water partition coefficient (Wildman–Crippen LogP) is 5.28. The third kappa shape index (κ3) is 5.28. The molecule has 0 unspecified atom stereocenters. The molecule has 0 radical (unpaired) electrons. The molecule has 2 amide bonds. The molecule has 1 atom stereocenters. The molecule has 12 heteroatoms. The fraction of sp³-hybridized carbons (Fsp3) is 0.346. The van der Waals surface area contributed by atoms with Gasteiger partial charge in [0.2, 0.25) is 0 Å². The van der Waals surface area contributed by atoms with Crippen LogP contribution in [-0.4, -0.2) is 70.6 Å². The minimum Gasteiger partial charge on any atom is -0.497 e. The third-order valence-corrected chi connectivity index (χ3v) is 7.78. The number of aromatic amines is 1. The average molecular weight is 549 g/mol. The minimum absolute atomic E-state index is 0.0557. The summed E-state index contributed by atoms with van der Waals surface area (Å²) in [5, 5.41) is 7.01. The Bertz CT molecular complexity index is 1420. The van der Waals surface area contributed by atoms with E-state index in [9.17, 15) is 27.2 Å². The van der Waals surface area contributed by atoms with Crippen LogP contribution in [0.1, 0.15) is 23.1 Å². The van der Waals surface area contributed by atoms with Gasteiger partial charge in [-0.3, -0.25) is 24.5 Å². The number of imide groups is 1. The summed E-state index contributed by atoms with van der Waals surface area (Å²) in [5.74, 6) is -0.513. The highest BCUT2D eigenvalue weighted by Gasteiger charge is 2.39. The van der Waals surface area contributed by atoms with E-state index in [0.717, 1.165) is 16.5 Å². The Morgan fingerprint density at radius 1 is 1.18 bits per heavy atom. The first-order valence-electron chi connectivity index (χ1n) is 11.9. The lowest BCUT2D eigenvalue weighted by Crippen LogP contribution is -2.36. The summed E-state index contributed by atoms with van der Waals surface area (Å²) in [6, 6.07) is 8.81. The van der Waals surface area contributed by atoms with Crippen LogP contribution >= 0.6 is 11.8 Å². The Labute approximate surface area is 219 Å². The molecule has 1 aromatic heterocycles. The van der Waals surface area contributed by atoms with Gasteiger partial charge in [-0.2, -0.15) is 18.3 Å². The fourth-order valence-electron chi connectivity index (χ4n) is 4.74. The largest absolute Gasteiger partial charge is 0.497 e. The van der Waals surface area contributed by atoms with E-state index in [0.29, 0.717) is 47.8 Å². The second-order valence-electron chi connectivity index (χ2n) is 9.19. The van der Waals surface area contributed by atoms with Gasteiger partial charge in [-0.1, -0.05) is 12.1 Å². The number of hydrogen-bond acceptors (Lipinski definition) is 6. The molecule has 7 nitrogen and oxygen atoms in total. The van der Waals surface area contributed by atoms with E-state index in [1.165, 1.54) is 19.2 Å². The Morgan fingerprint density at radius 3 is 2.71 bits per heavy atom. The molecule has 2 aromatic carbocycles. The van der Waals surface area contributed by atoms with E-state index >= 15 is 0 Å². The lowest BCUT2D eigenvalue weighted by atomic mass is 9.93. The number of methoxy groups -OCH3 is 1. The van der Waals surface area contributed by atoms with Crippen LogP contribution in [0.4, 0.5) is 22.4 Å². The van der Waals surface area contributed by atoms with Gasteiger partial charge in [-0.25, -0.2) is 4.39 Å². The molecule has 0 saturated carbocycles. The van der Waals surface area contributed by atoms with Crippen LogP contribution in [0.5, 0.6) is 5.75 Å². The standard InChI is InChI=1S/C26H24F4N4O3S/c1-37-19-4-2-16(21(12-19)26(28,29)30)11-20(15-3-5-22-17(10-15)13-31-32-22)23-24(35)34(25(36)38-23)9-8-33-7-6-18(27)14-33/h2-5,10,12-13,18H,6-9,11,14H2,1H3,(H,31,32)/b23-20-/t18-/m1/s1. The molecule has 0 bridgehead atoms. The number of nitrogens with one attached hydrogen (secondary N) is 1. The van der Waals surface area contributed by atoms with E-state index in [1.807, 2.05) is 4.90 Å². The number of likely N-dealkylation sites (tertiary alicyclic amines) is 1. The van der Waals surface area contributed by atoms with Crippen molar-refractivity contribution in [2.45, 2.75) is 25.2 Å². The normalized spacial score (nSPS) is 20.1. The number of hydrogen-bond donors (Lipinski definition) is 1. The van der Waals surface area contributed by atoms with E-state index < -0.39 is 29.1 Å². The van der Waals surface area contributed by atoms with E-state index in [4.69, 9.17) is 4.74 Å². The van der Waals surface area contributed by atoms with Gasteiger partial charge in [0, 0.05) is 31.6 Å². The second kappa shape index (κ2) is 10.4. The van der Waals surface area contributed by atoms with Crippen LogP contribution in [0.3, 0.4) is 0 Å². The molecule has 38 heavy (non-hydrogen) atoms. The van der Waals surface area contributed by atoms with Gasteiger partial charge >= 0.3 is 6.18 Å². The summed E-state index contributed by atoms with van der Waals surface area (Å²) in [4.78, 5) is 29.3. The lowest BCUT2D eigenvalue weighted by Gasteiger charge is -2.19. The van der Waals surface area contributed by atoms with E-state index in [2.05, 4.69) is 10.2 Å². The number of rotatable bonds is 7. The number of H-pyrrole nitrogens is 1. The number of fused-ring (bicyclic) bond motifs is 1. The number of carbonyl (C=O) groups excluding carboxylic acids is 2. The number of allylic oxidation sites excluding steroid dienone is 1. The second-order valence-corrected chi connectivity index (χ2v) is 10.2. The smallest absolute Gasteiger partial charge is 0.416 e. The molecule has 0 aliphatic carbocycles. The maximum absolute atomic E-state index is 14.0. The Kier molecular flexibility index (Phi) is 7.19. The number of ether oxygens (including phenoxy) is 1. The van der Waals surface area contributed by atoms with E-state index in [1.54, 1.807) is 24.4 Å². The van der Waals surface area contributed by atoms with Crippen LogP contribution < -0.4 is 4.74 Å². The monoisotopic (exact) mass is 548 g/mol. The summed E-state index contributed by atoms with van der Waals surface area (Å²) in [6.07, 6.45) is -3.85. The van der Waals surface area contributed by atoms with Crippen molar-refractivity contribution in [1.82, 2.24) is 20.0 Å². The number of halogens is 4. The highest BCUT2D eigenvalue weighted by molar-refractivity contribution is 8.18. The SMILES string of the molecule is COc1ccc(C/C(=C2/SC(=O)N(CCN3CC[C@@H](F)C3)C2=O)c2ccc3[nH]ncc3c2)c(C(F)(F)F)c1. The van der Waals surface area contributed by atoms with Crippen LogP contribution in [0, 0.1) is 0 Å². The average Bonchev–Trinajstić information content (AvgIpc) is 3.59. The molecule has 3 aromatic rings. The first kappa shape index (κ1) is 26.2. The molecule has 0 spiro atoms. The van der Waals surface area contributed by atoms with Crippen molar-refractivity contribution in [3.8, 4) is 5.75 Å².